The molecule has 0 N–H and O–H groups in total. The third-order valence-electron chi connectivity index (χ3n) is 3.89. The second-order valence-electron chi connectivity index (χ2n) is 6.55. The van der Waals surface area contributed by atoms with E-state index in [1.807, 2.05) is 41.5 Å². The van der Waals surface area contributed by atoms with E-state index in [1.54, 1.807) is 13.8 Å². The molecular weight excluding hydrogens is 256 g/mol. The van der Waals surface area contributed by atoms with Gasteiger partial charge in [0.05, 0.1) is 5.60 Å². The molecule has 2 unspecified atom stereocenters. The molecule has 0 radical (unpaired) electrons. The van der Waals surface area contributed by atoms with E-state index in [1.165, 1.54) is 0 Å². The molecule has 4 nitrogen and oxygen atoms in total. The van der Waals surface area contributed by atoms with Gasteiger partial charge in [-0.25, -0.2) is 4.79 Å². The van der Waals surface area contributed by atoms with Crippen molar-refractivity contribution in [3.63, 3.8) is 0 Å². The summed E-state index contributed by atoms with van der Waals surface area (Å²) in [6.45, 7) is 14.8. The lowest BCUT2D eigenvalue weighted by Gasteiger charge is -2.29. The molecule has 0 aliphatic rings. The zero-order valence-electron chi connectivity index (χ0n) is 14.2. The molecule has 2 atom stereocenters. The largest absolute Gasteiger partial charge is 0.453 e. The standard InChI is InChI=1S/C16H30O4/c1-9-15(5,6)13(17)11(3)19-14(18)12(4)20-16(7,8)10-2/h11-12H,9-10H2,1-8H3. The minimum absolute atomic E-state index is 0.0599. The number of rotatable bonds is 8. The summed E-state index contributed by atoms with van der Waals surface area (Å²) in [5.41, 5.74) is -0.860. The summed E-state index contributed by atoms with van der Waals surface area (Å²) in [6, 6.07) is 0. The van der Waals surface area contributed by atoms with Crippen molar-refractivity contribution in [2.75, 3.05) is 0 Å². The maximum Gasteiger partial charge on any atom is 0.335 e. The van der Waals surface area contributed by atoms with Crippen molar-refractivity contribution in [2.45, 2.75) is 86.0 Å². The number of ketones is 1. The summed E-state index contributed by atoms with van der Waals surface area (Å²) >= 11 is 0. The van der Waals surface area contributed by atoms with Crippen LogP contribution in [0.5, 0.6) is 0 Å². The Morgan fingerprint density at radius 3 is 1.85 bits per heavy atom. The molecule has 0 spiro atoms. The molecular formula is C16H30O4. The van der Waals surface area contributed by atoms with E-state index in [4.69, 9.17) is 9.47 Å². The molecule has 0 heterocycles. The van der Waals surface area contributed by atoms with Gasteiger partial charge in [0, 0.05) is 5.41 Å². The fourth-order valence-electron chi connectivity index (χ4n) is 1.66. The number of hydrogen-bond acceptors (Lipinski definition) is 4. The van der Waals surface area contributed by atoms with Gasteiger partial charge in [0.15, 0.2) is 18.0 Å². The normalized spacial score (nSPS) is 15.6. The van der Waals surface area contributed by atoms with Crippen LogP contribution in [0, 0.1) is 5.41 Å². The van der Waals surface area contributed by atoms with Crippen molar-refractivity contribution in [3.8, 4) is 0 Å². The van der Waals surface area contributed by atoms with Gasteiger partial charge in [-0.2, -0.15) is 0 Å². The molecule has 0 saturated carbocycles. The van der Waals surface area contributed by atoms with E-state index < -0.39 is 23.6 Å². The van der Waals surface area contributed by atoms with Crippen LogP contribution in [0.4, 0.5) is 0 Å². The third-order valence-corrected chi connectivity index (χ3v) is 3.89. The highest BCUT2D eigenvalue weighted by Crippen LogP contribution is 2.24. The average Bonchev–Trinajstić information content (AvgIpc) is 2.36. The minimum atomic E-state index is -0.742. The van der Waals surface area contributed by atoms with Crippen molar-refractivity contribution in [1.82, 2.24) is 0 Å². The Bertz CT molecular complexity index is 344. The Morgan fingerprint density at radius 2 is 1.45 bits per heavy atom. The van der Waals surface area contributed by atoms with Crippen LogP contribution in [0.15, 0.2) is 0 Å². The molecule has 20 heavy (non-hydrogen) atoms. The van der Waals surface area contributed by atoms with Gasteiger partial charge in [0.2, 0.25) is 0 Å². The molecule has 0 aromatic carbocycles. The summed E-state index contributed by atoms with van der Waals surface area (Å²) < 4.78 is 10.9. The van der Waals surface area contributed by atoms with Crippen LogP contribution in [0.2, 0.25) is 0 Å². The Morgan fingerprint density at radius 1 is 0.950 bits per heavy atom. The molecule has 118 valence electrons. The Kier molecular flexibility index (Phi) is 6.88. The molecule has 0 aromatic rings. The van der Waals surface area contributed by atoms with Crippen molar-refractivity contribution < 1.29 is 19.1 Å². The highest BCUT2D eigenvalue weighted by molar-refractivity contribution is 5.90. The fourth-order valence-corrected chi connectivity index (χ4v) is 1.66. The van der Waals surface area contributed by atoms with E-state index >= 15 is 0 Å². The van der Waals surface area contributed by atoms with Crippen molar-refractivity contribution in [2.24, 2.45) is 5.41 Å². The van der Waals surface area contributed by atoms with E-state index in [2.05, 4.69) is 0 Å². The lowest BCUT2D eigenvalue weighted by atomic mass is 9.83. The van der Waals surface area contributed by atoms with Gasteiger partial charge in [-0.15, -0.1) is 0 Å². The number of carbonyl (C=O) groups is 2. The second-order valence-corrected chi connectivity index (χ2v) is 6.55. The lowest BCUT2D eigenvalue weighted by molar-refractivity contribution is -0.174. The van der Waals surface area contributed by atoms with Crippen LogP contribution in [0.1, 0.15) is 68.2 Å². The Balaban J connectivity index is 4.57. The summed E-state index contributed by atoms with van der Waals surface area (Å²) in [7, 11) is 0. The first-order chi connectivity index (χ1) is 8.96. The van der Waals surface area contributed by atoms with Crippen LogP contribution in [-0.2, 0) is 19.1 Å². The molecule has 0 amide bonds. The number of carbonyl (C=O) groups excluding carboxylic acids is 2. The quantitative estimate of drug-likeness (QED) is 0.641. The molecule has 0 saturated heterocycles. The van der Waals surface area contributed by atoms with Crippen molar-refractivity contribution in [1.29, 1.82) is 0 Å². The van der Waals surface area contributed by atoms with Crippen LogP contribution < -0.4 is 0 Å². The third kappa shape index (κ3) is 5.61. The maximum absolute atomic E-state index is 12.2. The van der Waals surface area contributed by atoms with Gasteiger partial charge in [-0.1, -0.05) is 27.7 Å². The predicted molar refractivity (Wildman–Crippen MR) is 79.6 cm³/mol. The minimum Gasteiger partial charge on any atom is -0.453 e. The lowest BCUT2D eigenvalue weighted by Crippen LogP contribution is -2.40. The number of ether oxygens (including phenoxy) is 2. The van der Waals surface area contributed by atoms with Gasteiger partial charge >= 0.3 is 5.97 Å². The number of hydrogen-bond donors (Lipinski definition) is 0. The van der Waals surface area contributed by atoms with Gasteiger partial charge in [-0.05, 0) is 40.5 Å². The van der Waals surface area contributed by atoms with Crippen molar-refractivity contribution >= 4 is 11.8 Å². The van der Waals surface area contributed by atoms with E-state index in [9.17, 15) is 9.59 Å². The van der Waals surface area contributed by atoms with Crippen LogP contribution in [0.3, 0.4) is 0 Å². The molecule has 0 aliphatic carbocycles. The second kappa shape index (κ2) is 7.21. The van der Waals surface area contributed by atoms with E-state index in [0.717, 1.165) is 6.42 Å². The van der Waals surface area contributed by atoms with Gasteiger partial charge in [-0.3, -0.25) is 4.79 Å². The topological polar surface area (TPSA) is 52.6 Å². The highest BCUT2D eigenvalue weighted by Gasteiger charge is 2.33. The zero-order chi connectivity index (χ0) is 16.1. The molecule has 0 bridgehead atoms. The number of esters is 1. The van der Waals surface area contributed by atoms with E-state index in [0.29, 0.717) is 6.42 Å². The fraction of sp³-hybridized carbons (Fsp3) is 0.875. The summed E-state index contributed by atoms with van der Waals surface area (Å²) in [4.78, 5) is 24.1. The van der Waals surface area contributed by atoms with Gasteiger partial charge in [0.1, 0.15) is 0 Å². The average molecular weight is 286 g/mol. The van der Waals surface area contributed by atoms with Crippen LogP contribution >= 0.6 is 0 Å². The Hall–Kier alpha value is -0.900. The van der Waals surface area contributed by atoms with Crippen LogP contribution in [-0.4, -0.2) is 29.6 Å². The first kappa shape index (κ1) is 19.1. The zero-order valence-corrected chi connectivity index (χ0v) is 14.2. The number of Topliss-reactive ketones (excluding diaryl/α,β-unsaturated/α-hetero) is 1. The molecule has 0 rings (SSSR count). The van der Waals surface area contributed by atoms with Crippen molar-refractivity contribution in [3.05, 3.63) is 0 Å². The molecule has 0 fully saturated rings. The SMILES string of the molecule is CCC(C)(C)OC(C)C(=O)OC(C)C(=O)C(C)(C)CC. The van der Waals surface area contributed by atoms with E-state index in [-0.39, 0.29) is 11.4 Å². The van der Waals surface area contributed by atoms with Gasteiger partial charge in [0.25, 0.3) is 0 Å². The molecule has 4 heteroatoms. The van der Waals surface area contributed by atoms with Crippen LogP contribution in [0.25, 0.3) is 0 Å². The first-order valence-electron chi connectivity index (χ1n) is 7.39. The summed E-state index contributed by atoms with van der Waals surface area (Å²) in [6.07, 6.45) is 0.0862. The molecule has 0 aliphatic heterocycles. The van der Waals surface area contributed by atoms with Gasteiger partial charge < -0.3 is 9.47 Å². The maximum atomic E-state index is 12.2. The monoisotopic (exact) mass is 286 g/mol. The Labute approximate surface area is 123 Å². The highest BCUT2D eigenvalue weighted by atomic mass is 16.6. The molecule has 0 aromatic heterocycles. The summed E-state index contributed by atoms with van der Waals surface area (Å²) in [5, 5.41) is 0. The first-order valence-corrected chi connectivity index (χ1v) is 7.39. The predicted octanol–water partition coefficient (Wildman–Crippen LogP) is 3.52. The summed E-state index contributed by atoms with van der Waals surface area (Å²) in [5.74, 6) is -0.547. The smallest absolute Gasteiger partial charge is 0.335 e.